The molecule has 0 aliphatic rings. The van der Waals surface area contributed by atoms with Crippen molar-refractivity contribution in [3.63, 3.8) is 0 Å². The predicted octanol–water partition coefficient (Wildman–Crippen LogP) is 1.11. The van der Waals surface area contributed by atoms with Gasteiger partial charge in [-0.2, -0.15) is 0 Å². The second kappa shape index (κ2) is 3.63. The average Bonchev–Trinajstić information content (AvgIpc) is 2.37. The Bertz CT molecular complexity index is 199. The molecule has 0 unspecified atom stereocenters. The van der Waals surface area contributed by atoms with Crippen LogP contribution in [0.1, 0.15) is 9.88 Å². The quantitative estimate of drug-likeness (QED) is 0.719. The van der Waals surface area contributed by atoms with Crippen molar-refractivity contribution in [2.45, 2.75) is 13.1 Å². The molecule has 0 aromatic carbocycles. The number of hydrogen-bond acceptors (Lipinski definition) is 3. The number of aromatic nitrogens is 1. The number of halogens is 1. The maximum Gasteiger partial charge on any atom is 0.125 e. The molecule has 10 heavy (non-hydrogen) atoms. The van der Waals surface area contributed by atoms with Crippen LogP contribution >= 0.6 is 11.3 Å². The Morgan fingerprint density at radius 1 is 1.70 bits per heavy atom. The Morgan fingerprint density at radius 2 is 2.50 bits per heavy atom. The Labute approximate surface area is 62.9 Å². The van der Waals surface area contributed by atoms with Crippen LogP contribution in [0.15, 0.2) is 6.20 Å². The van der Waals surface area contributed by atoms with Crippen molar-refractivity contribution >= 4 is 11.3 Å². The summed E-state index contributed by atoms with van der Waals surface area (Å²) >= 11 is 1.39. The minimum absolute atomic E-state index is 0.414. The van der Waals surface area contributed by atoms with Crippen LogP contribution in [0, 0.1) is 0 Å². The van der Waals surface area contributed by atoms with Crippen molar-refractivity contribution < 1.29 is 4.39 Å². The highest BCUT2D eigenvalue weighted by Gasteiger charge is 1.98. The summed E-state index contributed by atoms with van der Waals surface area (Å²) in [5.41, 5.74) is 5.28. The highest BCUT2D eigenvalue weighted by molar-refractivity contribution is 7.11. The van der Waals surface area contributed by atoms with Gasteiger partial charge in [0.15, 0.2) is 0 Å². The fourth-order valence-electron chi connectivity index (χ4n) is 0.649. The lowest BCUT2D eigenvalue weighted by atomic mass is 10.5. The Kier molecular flexibility index (Phi) is 2.77. The molecular weight excluding hydrogens is 151 g/mol. The zero-order valence-corrected chi connectivity index (χ0v) is 6.33. The summed E-state index contributed by atoms with van der Waals surface area (Å²) in [5, 5.41) is 0.926. The van der Waals surface area contributed by atoms with Crippen LogP contribution in [-0.4, -0.2) is 11.5 Å². The fraction of sp³-hybridized carbons (Fsp3) is 0.500. The molecule has 4 heteroatoms. The van der Waals surface area contributed by atoms with Gasteiger partial charge in [-0.25, -0.2) is 9.37 Å². The van der Waals surface area contributed by atoms with E-state index < -0.39 is 6.67 Å². The molecule has 1 heterocycles. The molecule has 0 aliphatic carbocycles. The maximum absolute atomic E-state index is 11.9. The SMILES string of the molecule is NCCc1ncc(CF)s1. The van der Waals surface area contributed by atoms with Crippen molar-refractivity contribution in [2.24, 2.45) is 5.73 Å². The van der Waals surface area contributed by atoms with Crippen LogP contribution in [0.3, 0.4) is 0 Å². The molecule has 1 aromatic heterocycles. The molecule has 2 nitrogen and oxygen atoms in total. The zero-order chi connectivity index (χ0) is 7.40. The fourth-order valence-corrected chi connectivity index (χ4v) is 1.44. The molecule has 0 saturated carbocycles. The largest absolute Gasteiger partial charge is 0.330 e. The van der Waals surface area contributed by atoms with E-state index in [2.05, 4.69) is 4.98 Å². The summed E-state index contributed by atoms with van der Waals surface area (Å²) in [7, 11) is 0. The van der Waals surface area contributed by atoms with Crippen molar-refractivity contribution in [1.82, 2.24) is 4.98 Å². The Hall–Kier alpha value is -0.480. The third-order valence-corrected chi connectivity index (χ3v) is 2.11. The van der Waals surface area contributed by atoms with E-state index in [-0.39, 0.29) is 0 Å². The first-order chi connectivity index (χ1) is 4.86. The first-order valence-corrected chi connectivity index (χ1v) is 3.88. The number of thiazole rings is 1. The molecule has 0 aliphatic heterocycles. The Morgan fingerprint density at radius 3 is 3.00 bits per heavy atom. The molecule has 2 N–H and O–H groups in total. The number of nitrogens with two attached hydrogens (primary N) is 1. The van der Waals surface area contributed by atoms with E-state index in [9.17, 15) is 4.39 Å². The van der Waals surface area contributed by atoms with E-state index in [0.29, 0.717) is 11.4 Å². The van der Waals surface area contributed by atoms with Gasteiger partial charge in [0.25, 0.3) is 0 Å². The van der Waals surface area contributed by atoms with Gasteiger partial charge in [-0.05, 0) is 6.54 Å². The molecular formula is C6H9FN2S. The van der Waals surface area contributed by atoms with Crippen LogP contribution in [0.5, 0.6) is 0 Å². The molecule has 1 rings (SSSR count). The maximum atomic E-state index is 11.9. The third-order valence-electron chi connectivity index (χ3n) is 1.09. The van der Waals surface area contributed by atoms with E-state index >= 15 is 0 Å². The third kappa shape index (κ3) is 1.75. The monoisotopic (exact) mass is 160 g/mol. The average molecular weight is 160 g/mol. The highest BCUT2D eigenvalue weighted by atomic mass is 32.1. The van der Waals surface area contributed by atoms with Gasteiger partial charge in [0, 0.05) is 12.6 Å². The van der Waals surface area contributed by atoms with Gasteiger partial charge in [0.05, 0.1) is 9.88 Å². The minimum atomic E-state index is -0.414. The second-order valence-electron chi connectivity index (χ2n) is 1.89. The van der Waals surface area contributed by atoms with Crippen molar-refractivity contribution in [2.75, 3.05) is 6.54 Å². The first kappa shape index (κ1) is 7.63. The molecule has 0 radical (unpaired) electrons. The topological polar surface area (TPSA) is 38.9 Å². The summed E-state index contributed by atoms with van der Waals surface area (Å²) in [4.78, 5) is 4.66. The Balaban J connectivity index is 2.59. The van der Waals surface area contributed by atoms with E-state index in [1.54, 1.807) is 6.20 Å². The van der Waals surface area contributed by atoms with Gasteiger partial charge in [-0.3, -0.25) is 0 Å². The lowest BCUT2D eigenvalue weighted by Crippen LogP contribution is -2.01. The second-order valence-corrected chi connectivity index (χ2v) is 3.09. The van der Waals surface area contributed by atoms with Crippen molar-refractivity contribution in [3.05, 3.63) is 16.1 Å². The van der Waals surface area contributed by atoms with Gasteiger partial charge >= 0.3 is 0 Å². The number of alkyl halides is 1. The van der Waals surface area contributed by atoms with Crippen LogP contribution in [0.25, 0.3) is 0 Å². The molecule has 1 aromatic rings. The van der Waals surface area contributed by atoms with E-state index in [1.165, 1.54) is 11.3 Å². The molecule has 0 fully saturated rings. The minimum Gasteiger partial charge on any atom is -0.330 e. The first-order valence-electron chi connectivity index (χ1n) is 3.06. The predicted molar refractivity (Wildman–Crippen MR) is 39.7 cm³/mol. The highest BCUT2D eigenvalue weighted by Crippen LogP contribution is 2.13. The van der Waals surface area contributed by atoms with Crippen LogP contribution in [-0.2, 0) is 13.1 Å². The lowest BCUT2D eigenvalue weighted by molar-refractivity contribution is 0.491. The molecule has 0 saturated heterocycles. The van der Waals surface area contributed by atoms with Crippen molar-refractivity contribution in [1.29, 1.82) is 0 Å². The zero-order valence-electron chi connectivity index (χ0n) is 5.51. The van der Waals surface area contributed by atoms with Crippen LogP contribution < -0.4 is 5.73 Å². The lowest BCUT2D eigenvalue weighted by Gasteiger charge is -1.86. The van der Waals surface area contributed by atoms with Gasteiger partial charge in [-0.1, -0.05) is 0 Å². The molecule has 0 atom stereocenters. The van der Waals surface area contributed by atoms with Gasteiger partial charge in [0.1, 0.15) is 6.67 Å². The summed E-state index contributed by atoms with van der Waals surface area (Å²) in [6, 6.07) is 0. The normalized spacial score (nSPS) is 10.2. The van der Waals surface area contributed by atoms with Gasteiger partial charge in [0.2, 0.25) is 0 Å². The summed E-state index contributed by atoms with van der Waals surface area (Å²) in [5.74, 6) is 0. The molecule has 0 spiro atoms. The number of hydrogen-bond donors (Lipinski definition) is 1. The standard InChI is InChI=1S/C6H9FN2S/c7-3-5-4-9-6(10-5)1-2-8/h4H,1-3,8H2. The van der Waals surface area contributed by atoms with Crippen LogP contribution in [0.4, 0.5) is 4.39 Å². The summed E-state index contributed by atoms with van der Waals surface area (Å²) in [6.07, 6.45) is 2.32. The molecule has 56 valence electrons. The van der Waals surface area contributed by atoms with E-state index in [1.807, 2.05) is 0 Å². The van der Waals surface area contributed by atoms with E-state index in [0.717, 1.165) is 11.4 Å². The van der Waals surface area contributed by atoms with Gasteiger partial charge < -0.3 is 5.73 Å². The van der Waals surface area contributed by atoms with E-state index in [4.69, 9.17) is 5.73 Å². The molecule has 0 amide bonds. The van der Waals surface area contributed by atoms with Crippen molar-refractivity contribution in [3.8, 4) is 0 Å². The summed E-state index contributed by atoms with van der Waals surface area (Å²) < 4.78 is 11.9. The summed E-state index contributed by atoms with van der Waals surface area (Å²) in [6.45, 7) is 0.168. The molecule has 0 bridgehead atoms. The smallest absolute Gasteiger partial charge is 0.125 e. The number of nitrogens with zero attached hydrogens (tertiary/aromatic N) is 1. The number of rotatable bonds is 3. The van der Waals surface area contributed by atoms with Gasteiger partial charge in [-0.15, -0.1) is 11.3 Å². The van der Waals surface area contributed by atoms with Crippen LogP contribution in [0.2, 0.25) is 0 Å².